The smallest absolute Gasteiger partial charge is 0.407 e. The first-order valence-corrected chi connectivity index (χ1v) is 23.0. The molecule has 1 aliphatic carbocycles. The van der Waals surface area contributed by atoms with Crippen molar-refractivity contribution in [2.75, 3.05) is 41.1 Å². The number of fused-ring (bicyclic) bond motifs is 1. The van der Waals surface area contributed by atoms with Crippen LogP contribution in [0, 0.1) is 18.8 Å². The Morgan fingerprint density at radius 3 is 2.49 bits per heavy atom. The Bertz CT molecular complexity index is 2440. The second-order valence-electron chi connectivity index (χ2n) is 18.2. The lowest BCUT2D eigenvalue weighted by Gasteiger charge is -2.34. The predicted molar refractivity (Wildman–Crippen MR) is 257 cm³/mol. The molecule has 0 bridgehead atoms. The molecule has 7 rings (SSSR count). The standard InChI is InChI=1S/C52H67N7O6/c1-10-21-58(50(60)49(57-52(62)65-9)41-22-32(4)11-20-45(41)64-8)29-46-53-27-43(55-46)36-14-12-35(13-15-36)37-16-17-39-26-40(19-18-38(39)25-37)42-24-34(6)48(56-42)44-23-33(5)28-59(44)51(61)47(31(2)3)54-30-63-7/h11-12,14-20,22,25-27,31,34-35,42,44,47,49-50,54,60H,5,10,13,21,23-24,28-30H2,1-4,6-9H3,(H,53,55)(H,57,62). The van der Waals surface area contributed by atoms with Crippen LogP contribution in [0.2, 0.25) is 0 Å². The third-order valence-electron chi connectivity index (χ3n) is 13.1. The number of amides is 2. The molecule has 4 aromatic rings. The molecule has 3 heterocycles. The summed E-state index contributed by atoms with van der Waals surface area (Å²) >= 11 is 0. The van der Waals surface area contributed by atoms with Crippen LogP contribution in [0.1, 0.15) is 105 Å². The number of hydrogen-bond donors (Lipinski definition) is 4. The highest BCUT2D eigenvalue weighted by Gasteiger charge is 2.42. The molecule has 1 fully saturated rings. The van der Waals surface area contributed by atoms with E-state index in [9.17, 15) is 14.7 Å². The highest BCUT2D eigenvalue weighted by Crippen LogP contribution is 2.40. The lowest BCUT2D eigenvalue weighted by molar-refractivity contribution is -0.134. The molecule has 1 aromatic heterocycles. The molecule has 3 aromatic carbocycles. The molecule has 7 atom stereocenters. The lowest BCUT2D eigenvalue weighted by atomic mass is 9.88. The fraction of sp³-hybridized carbons (Fsp3) is 0.462. The number of aryl methyl sites for hydroxylation is 1. The summed E-state index contributed by atoms with van der Waals surface area (Å²) in [6.07, 6.45) is 10.0. The molecule has 13 heteroatoms. The van der Waals surface area contributed by atoms with E-state index in [1.165, 1.54) is 29.0 Å². The summed E-state index contributed by atoms with van der Waals surface area (Å²) in [5, 5.41) is 20.3. The minimum atomic E-state index is -1.10. The van der Waals surface area contributed by atoms with Crippen LogP contribution in [0.15, 0.2) is 96.2 Å². The average molecular weight is 886 g/mol. The Hall–Kier alpha value is -5.60. The number of likely N-dealkylation sites (tertiary alicyclic amines) is 1. The molecule has 7 unspecified atom stereocenters. The van der Waals surface area contributed by atoms with Crippen molar-refractivity contribution < 1.29 is 28.9 Å². The molecule has 0 radical (unpaired) electrons. The quantitative estimate of drug-likeness (QED) is 0.0569. The lowest BCUT2D eigenvalue weighted by Crippen LogP contribution is -2.53. The number of aromatic nitrogens is 2. The SMILES string of the molecule is C=C1CC(C2=NC(c3ccc4cc(C5C=CC(c6cnc(CN(CCC)C(O)C(NC(=O)OC)c7cc(C)ccc7OC)[nH]6)=CC5)ccc4c3)CC2C)N(C(=O)C(NCOC)C(C)C)C1. The summed E-state index contributed by atoms with van der Waals surface area (Å²) in [7, 11) is 4.51. The van der Waals surface area contributed by atoms with E-state index in [-0.39, 0.29) is 41.8 Å². The first-order chi connectivity index (χ1) is 31.3. The van der Waals surface area contributed by atoms with Gasteiger partial charge in [-0.25, -0.2) is 9.78 Å². The van der Waals surface area contributed by atoms with E-state index < -0.39 is 18.4 Å². The van der Waals surface area contributed by atoms with Crippen LogP contribution >= 0.6 is 0 Å². The van der Waals surface area contributed by atoms with Crippen LogP contribution in [-0.4, -0.2) is 102 Å². The molecule has 4 N–H and O–H groups in total. The summed E-state index contributed by atoms with van der Waals surface area (Å²) in [5.41, 5.74) is 8.21. The number of carbonyl (C=O) groups excluding carboxylic acids is 2. The second-order valence-corrected chi connectivity index (χ2v) is 18.2. The van der Waals surface area contributed by atoms with Gasteiger partial charge in [0.15, 0.2) is 0 Å². The van der Waals surface area contributed by atoms with Gasteiger partial charge in [0.05, 0.1) is 57.5 Å². The molecule has 2 amide bonds. The monoisotopic (exact) mass is 886 g/mol. The maximum absolute atomic E-state index is 13.9. The number of imidazole rings is 1. The molecule has 346 valence electrons. The summed E-state index contributed by atoms with van der Waals surface area (Å²) in [5.74, 6) is 1.94. The van der Waals surface area contributed by atoms with Gasteiger partial charge >= 0.3 is 6.09 Å². The summed E-state index contributed by atoms with van der Waals surface area (Å²) < 4.78 is 15.8. The van der Waals surface area contributed by atoms with E-state index in [1.54, 1.807) is 14.2 Å². The molecular formula is C52H67N7O6. The van der Waals surface area contributed by atoms with Crippen molar-refractivity contribution in [2.45, 2.75) is 103 Å². The van der Waals surface area contributed by atoms with E-state index in [0.717, 1.165) is 53.8 Å². The van der Waals surface area contributed by atoms with Crippen LogP contribution < -0.4 is 15.4 Å². The number of aliphatic hydroxyl groups is 1. The van der Waals surface area contributed by atoms with Crippen LogP contribution in [0.3, 0.4) is 0 Å². The molecule has 0 spiro atoms. The Kier molecular flexibility index (Phi) is 15.4. The number of H-pyrrole nitrogens is 1. The maximum Gasteiger partial charge on any atom is 0.407 e. The third kappa shape index (κ3) is 10.8. The largest absolute Gasteiger partial charge is 0.496 e. The van der Waals surface area contributed by atoms with E-state index in [0.29, 0.717) is 43.5 Å². The van der Waals surface area contributed by atoms with Crippen LogP contribution in [0.25, 0.3) is 16.3 Å². The van der Waals surface area contributed by atoms with Gasteiger partial charge in [0.2, 0.25) is 5.91 Å². The fourth-order valence-electron chi connectivity index (χ4n) is 9.66. The Balaban J connectivity index is 1.01. The number of ether oxygens (including phenoxy) is 3. The molecular weight excluding hydrogens is 819 g/mol. The second kappa shape index (κ2) is 21.1. The number of methoxy groups -OCH3 is 3. The van der Waals surface area contributed by atoms with E-state index in [1.807, 2.05) is 48.0 Å². The number of aliphatic hydroxyl groups excluding tert-OH is 1. The number of carbonyl (C=O) groups is 2. The molecule has 0 saturated carbocycles. The number of rotatable bonds is 18. The number of hydrogen-bond acceptors (Lipinski definition) is 10. The molecule has 65 heavy (non-hydrogen) atoms. The zero-order valence-corrected chi connectivity index (χ0v) is 39.3. The Morgan fingerprint density at radius 1 is 1.06 bits per heavy atom. The van der Waals surface area contributed by atoms with Crippen LogP contribution in [0.5, 0.6) is 5.75 Å². The van der Waals surface area contributed by atoms with E-state index in [4.69, 9.17) is 24.2 Å². The summed E-state index contributed by atoms with van der Waals surface area (Å²) in [6.45, 7) is 16.4. The number of alkyl carbamates (subject to hydrolysis) is 1. The van der Waals surface area contributed by atoms with Gasteiger partial charge in [0, 0.05) is 37.4 Å². The Labute approximate surface area is 384 Å². The average Bonchev–Trinajstić information content (AvgIpc) is 4.05. The highest BCUT2D eigenvalue weighted by molar-refractivity contribution is 5.98. The van der Waals surface area contributed by atoms with Crippen LogP contribution in [0.4, 0.5) is 4.79 Å². The van der Waals surface area contributed by atoms with Gasteiger partial charge in [-0.05, 0) is 84.0 Å². The number of aromatic amines is 1. The van der Waals surface area contributed by atoms with Gasteiger partial charge in [-0.1, -0.05) is 106 Å². The van der Waals surface area contributed by atoms with Gasteiger partial charge < -0.3 is 34.5 Å². The first-order valence-electron chi connectivity index (χ1n) is 23.0. The summed E-state index contributed by atoms with van der Waals surface area (Å²) in [4.78, 5) is 43.8. The van der Waals surface area contributed by atoms with Gasteiger partial charge in [-0.2, -0.15) is 0 Å². The number of allylic oxidation sites excluding steroid dienone is 4. The Morgan fingerprint density at radius 2 is 1.82 bits per heavy atom. The van der Waals surface area contributed by atoms with E-state index in [2.05, 4.69) is 97.6 Å². The zero-order chi connectivity index (χ0) is 46.4. The van der Waals surface area contributed by atoms with Gasteiger partial charge in [0.25, 0.3) is 0 Å². The number of nitrogens with one attached hydrogen (secondary N) is 3. The predicted octanol–water partition coefficient (Wildman–Crippen LogP) is 8.53. The van der Waals surface area contributed by atoms with Crippen LogP contribution in [-0.2, 0) is 20.8 Å². The zero-order valence-electron chi connectivity index (χ0n) is 39.3. The fourth-order valence-corrected chi connectivity index (χ4v) is 9.66. The van der Waals surface area contributed by atoms with Crippen molar-refractivity contribution in [1.29, 1.82) is 0 Å². The molecule has 1 saturated heterocycles. The van der Waals surface area contributed by atoms with Crippen molar-refractivity contribution >= 4 is 34.1 Å². The van der Waals surface area contributed by atoms with Crippen molar-refractivity contribution in [3.05, 3.63) is 125 Å². The van der Waals surface area contributed by atoms with E-state index >= 15 is 0 Å². The van der Waals surface area contributed by atoms with Crippen molar-refractivity contribution in [1.82, 2.24) is 30.4 Å². The van der Waals surface area contributed by atoms with Gasteiger partial charge in [0.1, 0.15) is 23.8 Å². The normalized spacial score (nSPS) is 21.2. The number of benzene rings is 3. The molecule has 3 aliphatic rings. The number of aliphatic imine (C=N–C) groups is 1. The minimum absolute atomic E-state index is 0.0400. The third-order valence-corrected chi connectivity index (χ3v) is 13.1. The molecule has 2 aliphatic heterocycles. The molecule has 13 nitrogen and oxygen atoms in total. The number of nitrogens with zero attached hydrogens (tertiary/aromatic N) is 4. The highest BCUT2D eigenvalue weighted by atomic mass is 16.5. The maximum atomic E-state index is 13.9. The first kappa shape index (κ1) is 47.4. The van der Waals surface area contributed by atoms with Crippen molar-refractivity contribution in [3.63, 3.8) is 0 Å². The minimum Gasteiger partial charge on any atom is -0.496 e. The van der Waals surface area contributed by atoms with Gasteiger partial charge in [-0.15, -0.1) is 0 Å². The van der Waals surface area contributed by atoms with Crippen molar-refractivity contribution in [3.8, 4) is 5.75 Å². The summed E-state index contributed by atoms with van der Waals surface area (Å²) in [6, 6.07) is 18.0. The topological polar surface area (TPSA) is 154 Å². The van der Waals surface area contributed by atoms with Crippen molar-refractivity contribution in [2.24, 2.45) is 16.8 Å². The van der Waals surface area contributed by atoms with Gasteiger partial charge in [-0.3, -0.25) is 20.0 Å².